The van der Waals surface area contributed by atoms with Gasteiger partial charge in [-0.3, -0.25) is 38.8 Å². The number of nitrogens with one attached hydrogen (secondary N) is 5. The second-order valence-corrected chi connectivity index (χ2v) is 19.6. The standard InChI is InChI=1S/C46H57N11O6S2/c47-39(58)32-20-26-11-6-16-37-29(26)22-38(65-37)44-56-35(24-64-44)45(63)57-18-8-15-36(57)43(62)55-33(19-25-9-2-1-3-10-25)41(60)54-34(21-27-23-51-30-13-5-4-12-28(27)30)42(61)52-31(40(59)53-32)14-7-17-50-46(48)49/h4-6,11-13,16,22-23,25,31-36,51H,1-3,7-10,14-15,17-21,24H2,(H2,47,58)(H,52,61)(H,53,59)(H,54,60)(H,55,62)(H4,48,49,50)/t31-,32-,33+,34?,35-,36-/m0/s1. The van der Waals surface area contributed by atoms with Crippen LogP contribution in [0.25, 0.3) is 21.0 Å². The molecule has 19 heteroatoms. The van der Waals surface area contributed by atoms with Gasteiger partial charge in [-0.05, 0) is 72.7 Å². The van der Waals surface area contributed by atoms with Gasteiger partial charge in [0, 0.05) is 53.5 Å². The van der Waals surface area contributed by atoms with Gasteiger partial charge >= 0.3 is 0 Å². The predicted molar refractivity (Wildman–Crippen MR) is 253 cm³/mol. The summed E-state index contributed by atoms with van der Waals surface area (Å²) in [6.45, 7) is 0.554. The highest BCUT2D eigenvalue weighted by Crippen LogP contribution is 2.35. The van der Waals surface area contributed by atoms with E-state index in [1.54, 1.807) is 11.1 Å². The van der Waals surface area contributed by atoms with Crippen LogP contribution in [0.3, 0.4) is 0 Å². The van der Waals surface area contributed by atoms with Crippen LogP contribution < -0.4 is 38.5 Å². The van der Waals surface area contributed by atoms with E-state index in [2.05, 4.69) is 31.2 Å². The van der Waals surface area contributed by atoms with E-state index in [9.17, 15) is 28.8 Å². The molecule has 2 fully saturated rings. The first kappa shape index (κ1) is 45.6. The van der Waals surface area contributed by atoms with E-state index >= 15 is 0 Å². The fourth-order valence-corrected chi connectivity index (χ4v) is 11.8. The summed E-state index contributed by atoms with van der Waals surface area (Å²) in [4.78, 5) is 100. The van der Waals surface area contributed by atoms with Gasteiger partial charge in [-0.25, -0.2) is 0 Å². The topological polar surface area (TPSA) is 272 Å². The fourth-order valence-electron chi connectivity index (χ4n) is 9.55. The summed E-state index contributed by atoms with van der Waals surface area (Å²) in [5.41, 5.74) is 19.5. The Morgan fingerprint density at radius 3 is 2.37 bits per heavy atom. The molecule has 4 bridgehead atoms. The number of nitrogens with two attached hydrogens (primary N) is 3. The van der Waals surface area contributed by atoms with E-state index < -0.39 is 65.8 Å². The van der Waals surface area contributed by atoms with Crippen molar-refractivity contribution in [3.8, 4) is 0 Å². The minimum absolute atomic E-state index is 0.0391. The first-order valence-corrected chi connectivity index (χ1v) is 24.4. The molecule has 0 spiro atoms. The molecule has 4 aromatic rings. The molecule has 65 heavy (non-hydrogen) atoms. The molecule has 0 radical (unpaired) electrons. The Morgan fingerprint density at radius 2 is 1.57 bits per heavy atom. The number of carbonyl (C=O) groups excluding carboxylic acids is 6. The van der Waals surface area contributed by atoms with Crippen molar-refractivity contribution in [1.82, 2.24) is 31.2 Å². The molecule has 6 atom stereocenters. The highest BCUT2D eigenvalue weighted by Gasteiger charge is 2.41. The van der Waals surface area contributed by atoms with Crippen molar-refractivity contribution in [2.75, 3.05) is 18.8 Å². The lowest BCUT2D eigenvalue weighted by Gasteiger charge is -2.31. The Balaban J connectivity index is 1.17. The summed E-state index contributed by atoms with van der Waals surface area (Å²) in [6, 6.07) is 9.20. The quantitative estimate of drug-likeness (QED) is 0.0695. The molecule has 1 saturated carbocycles. The fraction of sp³-hybridized carbons (Fsp3) is 0.478. The number of carbonyl (C=O) groups is 6. The number of guanidine groups is 1. The van der Waals surface area contributed by atoms with Crippen LogP contribution in [-0.4, -0.2) is 111 Å². The first-order chi connectivity index (χ1) is 31.4. The van der Waals surface area contributed by atoms with Gasteiger partial charge in [-0.2, -0.15) is 0 Å². The zero-order valence-corrected chi connectivity index (χ0v) is 37.8. The van der Waals surface area contributed by atoms with Crippen LogP contribution in [0.15, 0.2) is 64.7 Å². The van der Waals surface area contributed by atoms with Crippen molar-refractivity contribution in [3.63, 3.8) is 0 Å². The number of nitrogens with zero attached hydrogens (tertiary/aromatic N) is 3. The average molecular weight is 924 g/mol. The van der Waals surface area contributed by atoms with Gasteiger partial charge in [0.05, 0.1) is 4.88 Å². The van der Waals surface area contributed by atoms with Crippen LogP contribution in [0, 0.1) is 5.92 Å². The number of thioether (sulfide) groups is 1. The van der Waals surface area contributed by atoms with E-state index in [0.717, 1.165) is 69.1 Å². The summed E-state index contributed by atoms with van der Waals surface area (Å²) in [6.07, 6.45) is 8.58. The Bertz CT molecular complexity index is 2510. The third kappa shape index (κ3) is 10.8. The Labute approximate surface area is 384 Å². The maximum absolute atomic E-state index is 14.7. The van der Waals surface area contributed by atoms with Crippen LogP contribution in [0.1, 0.15) is 80.2 Å². The highest BCUT2D eigenvalue weighted by atomic mass is 32.2. The molecular formula is C46H57N11O6S2. The minimum atomic E-state index is -1.21. The summed E-state index contributed by atoms with van der Waals surface area (Å²) >= 11 is 2.99. The largest absolute Gasteiger partial charge is 0.370 e. The second-order valence-electron chi connectivity index (χ2n) is 17.5. The SMILES string of the molecule is NC(=O)[C@@H]1Cc2cccc3sc(cc23)C2=N[C@@H](CS2)C(=O)N2CCC[C@H]2C(=O)N[C@H](CC2CCCCC2)C(=O)NC(Cc2c[nH]c3ccccc23)C(=O)N[C@@H](CCCN=C(N)N)C(=O)N1. The zero-order valence-electron chi connectivity index (χ0n) is 36.2. The van der Waals surface area contributed by atoms with Crippen LogP contribution in [-0.2, 0) is 41.6 Å². The second kappa shape index (κ2) is 20.5. The maximum atomic E-state index is 14.7. The van der Waals surface area contributed by atoms with E-state index in [0.29, 0.717) is 36.6 Å². The number of aromatic amines is 1. The number of para-hydroxylation sites is 1. The molecule has 5 heterocycles. The molecular weight excluding hydrogens is 867 g/mol. The summed E-state index contributed by atoms with van der Waals surface area (Å²) in [5.74, 6) is -2.84. The lowest BCUT2D eigenvalue weighted by molar-refractivity contribution is -0.140. The summed E-state index contributed by atoms with van der Waals surface area (Å²) in [5, 5.41) is 14.1. The van der Waals surface area contributed by atoms with E-state index in [4.69, 9.17) is 22.2 Å². The smallest absolute Gasteiger partial charge is 0.248 e. The average Bonchev–Trinajstić information content (AvgIpc) is 4.13. The predicted octanol–water partition coefficient (Wildman–Crippen LogP) is 2.48. The monoisotopic (exact) mass is 923 g/mol. The minimum Gasteiger partial charge on any atom is -0.370 e. The normalized spacial score (nSPS) is 25.1. The van der Waals surface area contributed by atoms with Crippen molar-refractivity contribution < 1.29 is 28.8 Å². The molecule has 1 aliphatic carbocycles. The van der Waals surface area contributed by atoms with Gasteiger partial charge in [-0.1, -0.05) is 62.4 Å². The lowest BCUT2D eigenvalue weighted by atomic mass is 9.84. The zero-order chi connectivity index (χ0) is 45.6. The number of hydrogen-bond acceptors (Lipinski definition) is 10. The number of hydrogen-bond donors (Lipinski definition) is 8. The van der Waals surface area contributed by atoms with Gasteiger partial charge in [0.15, 0.2) is 5.96 Å². The molecule has 4 aliphatic rings. The highest BCUT2D eigenvalue weighted by molar-refractivity contribution is 8.15. The lowest BCUT2D eigenvalue weighted by Crippen LogP contribution is -2.59. The third-order valence-corrected chi connectivity index (χ3v) is 15.3. The Morgan fingerprint density at radius 1 is 0.815 bits per heavy atom. The van der Waals surface area contributed by atoms with Crippen molar-refractivity contribution in [3.05, 3.63) is 70.7 Å². The van der Waals surface area contributed by atoms with Crippen LogP contribution in [0.5, 0.6) is 0 Å². The number of aromatic nitrogens is 1. The third-order valence-electron chi connectivity index (χ3n) is 13.0. The number of primary amides is 1. The number of H-pyrrole nitrogens is 1. The van der Waals surface area contributed by atoms with Crippen LogP contribution in [0.4, 0.5) is 0 Å². The molecule has 3 aliphatic heterocycles. The molecule has 344 valence electrons. The first-order valence-electron chi connectivity index (χ1n) is 22.6. The summed E-state index contributed by atoms with van der Waals surface area (Å²) in [7, 11) is 0. The molecule has 1 saturated heterocycles. The van der Waals surface area contributed by atoms with Crippen molar-refractivity contribution in [2.45, 2.75) is 113 Å². The molecule has 11 N–H and O–H groups in total. The summed E-state index contributed by atoms with van der Waals surface area (Å²) < 4.78 is 0.923. The number of benzene rings is 2. The molecule has 17 nitrogen and oxygen atoms in total. The number of aliphatic imine (C=N–C) groups is 2. The Kier molecular flexibility index (Phi) is 14.4. The van der Waals surface area contributed by atoms with E-state index in [1.807, 2.05) is 48.5 Å². The molecule has 2 aromatic carbocycles. The van der Waals surface area contributed by atoms with Gasteiger partial charge in [0.2, 0.25) is 35.4 Å². The van der Waals surface area contributed by atoms with Gasteiger partial charge < -0.3 is 48.4 Å². The molecule has 6 amide bonds. The van der Waals surface area contributed by atoms with Gasteiger partial charge in [0.1, 0.15) is 41.3 Å². The van der Waals surface area contributed by atoms with Crippen LogP contribution in [0.2, 0.25) is 0 Å². The van der Waals surface area contributed by atoms with Gasteiger partial charge in [0.25, 0.3) is 0 Å². The van der Waals surface area contributed by atoms with E-state index in [-0.39, 0.29) is 50.0 Å². The van der Waals surface area contributed by atoms with Crippen LogP contribution >= 0.6 is 23.1 Å². The van der Waals surface area contributed by atoms with E-state index in [1.165, 1.54) is 23.1 Å². The number of amides is 6. The molecule has 8 rings (SSSR count). The van der Waals surface area contributed by atoms with Crippen molar-refractivity contribution >= 4 is 90.5 Å². The molecule has 1 unspecified atom stereocenters. The van der Waals surface area contributed by atoms with Crippen molar-refractivity contribution in [2.24, 2.45) is 33.1 Å². The maximum Gasteiger partial charge on any atom is 0.248 e. The molecule has 2 aromatic heterocycles. The number of thiophene rings is 1. The Hall–Kier alpha value is -5.95. The van der Waals surface area contributed by atoms with Gasteiger partial charge in [-0.15, -0.1) is 23.1 Å². The van der Waals surface area contributed by atoms with Crippen molar-refractivity contribution in [1.29, 1.82) is 0 Å². The number of rotatable bonds is 9. The number of fused-ring (bicyclic) bond motifs is 5.